The quantitative estimate of drug-likeness (QED) is 0.841. The Morgan fingerprint density at radius 2 is 2.20 bits per heavy atom. The third-order valence-corrected chi connectivity index (χ3v) is 2.64. The second-order valence-corrected chi connectivity index (χ2v) is 3.53. The molecule has 78 valence electrons. The van der Waals surface area contributed by atoms with Crippen molar-refractivity contribution in [3.05, 3.63) is 41.1 Å². The number of halogens is 1. The molecule has 0 unspecified atom stereocenters. The van der Waals surface area contributed by atoms with Gasteiger partial charge in [-0.1, -0.05) is 11.6 Å². The number of nitrogens with zero attached hydrogens (tertiary/aromatic N) is 3. The molecule has 2 aromatic rings. The van der Waals surface area contributed by atoms with Gasteiger partial charge in [0.2, 0.25) is 0 Å². The van der Waals surface area contributed by atoms with Gasteiger partial charge in [0.05, 0.1) is 5.02 Å². The zero-order chi connectivity index (χ0) is 10.8. The van der Waals surface area contributed by atoms with Crippen molar-refractivity contribution in [2.24, 2.45) is 5.73 Å². The van der Waals surface area contributed by atoms with Crippen molar-refractivity contribution < 1.29 is 0 Å². The molecule has 0 aliphatic rings. The molecule has 0 aliphatic carbocycles. The van der Waals surface area contributed by atoms with Gasteiger partial charge in [-0.15, -0.1) is 0 Å². The largest absolute Gasteiger partial charge is 0.326 e. The summed E-state index contributed by atoms with van der Waals surface area (Å²) in [7, 11) is 0. The van der Waals surface area contributed by atoms with Crippen LogP contribution in [0.5, 0.6) is 0 Å². The number of aryl methyl sites for hydroxylation is 1. The summed E-state index contributed by atoms with van der Waals surface area (Å²) in [4.78, 5) is 8.35. The first-order valence-electron chi connectivity index (χ1n) is 4.58. The molecule has 2 N–H and O–H groups in total. The summed E-state index contributed by atoms with van der Waals surface area (Å²) in [6.45, 7) is 2.30. The highest BCUT2D eigenvalue weighted by atomic mass is 35.5. The molecule has 0 radical (unpaired) electrons. The van der Waals surface area contributed by atoms with Crippen LogP contribution >= 0.6 is 11.6 Å². The highest BCUT2D eigenvalue weighted by molar-refractivity contribution is 6.32. The third kappa shape index (κ3) is 1.73. The second-order valence-electron chi connectivity index (χ2n) is 3.16. The Balaban J connectivity index is 2.59. The van der Waals surface area contributed by atoms with Gasteiger partial charge in [-0.2, -0.15) is 0 Å². The van der Waals surface area contributed by atoms with Crippen molar-refractivity contribution in [3.8, 4) is 5.82 Å². The van der Waals surface area contributed by atoms with Gasteiger partial charge in [0.15, 0.2) is 5.82 Å². The lowest BCUT2D eigenvalue weighted by Crippen LogP contribution is -2.04. The van der Waals surface area contributed by atoms with Crippen LogP contribution in [0, 0.1) is 6.92 Å². The van der Waals surface area contributed by atoms with Crippen molar-refractivity contribution in [1.29, 1.82) is 0 Å². The molecule has 0 atom stereocenters. The first-order chi connectivity index (χ1) is 7.24. The maximum atomic E-state index is 6.18. The van der Waals surface area contributed by atoms with E-state index in [2.05, 4.69) is 9.97 Å². The fourth-order valence-electron chi connectivity index (χ4n) is 1.40. The minimum Gasteiger partial charge on any atom is -0.326 e. The van der Waals surface area contributed by atoms with Crippen LogP contribution in [0.4, 0.5) is 0 Å². The molecule has 0 spiro atoms. The van der Waals surface area contributed by atoms with Crippen molar-refractivity contribution in [1.82, 2.24) is 14.5 Å². The summed E-state index contributed by atoms with van der Waals surface area (Å²) in [5.74, 6) is 1.52. The molecular formula is C10H11ClN4. The minimum atomic E-state index is 0.405. The summed E-state index contributed by atoms with van der Waals surface area (Å²) >= 11 is 6.18. The van der Waals surface area contributed by atoms with Crippen LogP contribution in [-0.4, -0.2) is 14.5 Å². The molecular weight excluding hydrogens is 212 g/mol. The number of hydrogen-bond donors (Lipinski definition) is 1. The molecule has 5 heteroatoms. The molecule has 0 aromatic carbocycles. The molecule has 2 aromatic heterocycles. The van der Waals surface area contributed by atoms with Gasteiger partial charge in [-0.3, -0.25) is 4.57 Å². The number of rotatable bonds is 2. The van der Waals surface area contributed by atoms with Crippen LogP contribution in [-0.2, 0) is 6.54 Å². The van der Waals surface area contributed by atoms with E-state index in [9.17, 15) is 0 Å². The fourth-order valence-corrected chi connectivity index (χ4v) is 1.68. The van der Waals surface area contributed by atoms with E-state index >= 15 is 0 Å². The predicted octanol–water partition coefficient (Wildman–Crippen LogP) is 1.69. The van der Waals surface area contributed by atoms with E-state index < -0.39 is 0 Å². The van der Waals surface area contributed by atoms with Crippen LogP contribution in [0.15, 0.2) is 24.7 Å². The second kappa shape index (κ2) is 4.00. The van der Waals surface area contributed by atoms with Crippen LogP contribution in [0.1, 0.15) is 11.4 Å². The van der Waals surface area contributed by atoms with Gasteiger partial charge in [0, 0.05) is 25.1 Å². The lowest BCUT2D eigenvalue weighted by molar-refractivity contribution is 0.921. The summed E-state index contributed by atoms with van der Waals surface area (Å²) in [6.07, 6.45) is 5.23. The van der Waals surface area contributed by atoms with Crippen LogP contribution in [0.25, 0.3) is 5.82 Å². The summed E-state index contributed by atoms with van der Waals surface area (Å²) < 4.78 is 1.83. The van der Waals surface area contributed by atoms with E-state index in [0.717, 1.165) is 11.4 Å². The normalized spacial score (nSPS) is 10.6. The van der Waals surface area contributed by atoms with Crippen molar-refractivity contribution >= 4 is 11.6 Å². The molecule has 0 saturated carbocycles. The summed E-state index contributed by atoms with van der Waals surface area (Å²) in [5, 5.41) is 0.584. The van der Waals surface area contributed by atoms with Gasteiger partial charge >= 0.3 is 0 Å². The molecule has 0 saturated heterocycles. The number of nitrogens with two attached hydrogens (primary N) is 1. The highest BCUT2D eigenvalue weighted by Crippen LogP contribution is 2.22. The Labute approximate surface area is 92.7 Å². The van der Waals surface area contributed by atoms with Crippen LogP contribution < -0.4 is 5.73 Å². The molecule has 2 heterocycles. The molecule has 15 heavy (non-hydrogen) atoms. The van der Waals surface area contributed by atoms with Gasteiger partial charge in [-0.25, -0.2) is 9.97 Å². The third-order valence-electron chi connectivity index (χ3n) is 2.22. The molecule has 0 amide bonds. The Hall–Kier alpha value is -1.39. The molecule has 2 rings (SSSR count). The smallest absolute Gasteiger partial charge is 0.157 e. The lowest BCUT2D eigenvalue weighted by atomic mass is 10.2. The number of pyridine rings is 1. The molecule has 0 fully saturated rings. The standard InChI is InChI=1S/C10H11ClN4/c1-7-13-4-5-15(7)10-9(11)8(6-12)2-3-14-10/h2-5H,6,12H2,1H3. The van der Waals surface area contributed by atoms with Gasteiger partial charge in [0.1, 0.15) is 5.82 Å². The van der Waals surface area contributed by atoms with E-state index in [-0.39, 0.29) is 0 Å². The van der Waals surface area contributed by atoms with Crippen molar-refractivity contribution in [3.63, 3.8) is 0 Å². The summed E-state index contributed by atoms with van der Waals surface area (Å²) in [6, 6.07) is 1.82. The monoisotopic (exact) mass is 222 g/mol. The minimum absolute atomic E-state index is 0.405. The van der Waals surface area contributed by atoms with Crippen LogP contribution in [0.2, 0.25) is 5.02 Å². The maximum absolute atomic E-state index is 6.18. The lowest BCUT2D eigenvalue weighted by Gasteiger charge is -2.08. The number of aromatic nitrogens is 3. The first kappa shape index (κ1) is 10.1. The van der Waals surface area contributed by atoms with E-state index in [1.54, 1.807) is 12.4 Å². The van der Waals surface area contributed by atoms with E-state index in [4.69, 9.17) is 17.3 Å². The summed E-state index contributed by atoms with van der Waals surface area (Å²) in [5.41, 5.74) is 6.46. The Bertz CT molecular complexity index is 478. The first-order valence-corrected chi connectivity index (χ1v) is 4.95. The SMILES string of the molecule is Cc1nccn1-c1nccc(CN)c1Cl. The highest BCUT2D eigenvalue weighted by Gasteiger charge is 2.09. The Morgan fingerprint density at radius 1 is 1.40 bits per heavy atom. The predicted molar refractivity (Wildman–Crippen MR) is 59.0 cm³/mol. The van der Waals surface area contributed by atoms with Crippen molar-refractivity contribution in [2.75, 3.05) is 0 Å². The zero-order valence-corrected chi connectivity index (χ0v) is 9.07. The van der Waals surface area contributed by atoms with Crippen molar-refractivity contribution in [2.45, 2.75) is 13.5 Å². The number of imidazole rings is 1. The van der Waals surface area contributed by atoms with E-state index in [1.165, 1.54) is 0 Å². The van der Waals surface area contributed by atoms with E-state index in [1.807, 2.05) is 23.8 Å². The van der Waals surface area contributed by atoms with Gasteiger partial charge in [-0.05, 0) is 18.6 Å². The van der Waals surface area contributed by atoms with Gasteiger partial charge < -0.3 is 5.73 Å². The van der Waals surface area contributed by atoms with E-state index in [0.29, 0.717) is 17.4 Å². The molecule has 0 aliphatic heterocycles. The number of hydrogen-bond acceptors (Lipinski definition) is 3. The Kier molecular flexibility index (Phi) is 2.70. The maximum Gasteiger partial charge on any atom is 0.157 e. The average molecular weight is 223 g/mol. The molecule has 4 nitrogen and oxygen atoms in total. The molecule has 0 bridgehead atoms. The Morgan fingerprint density at radius 3 is 2.80 bits per heavy atom. The topological polar surface area (TPSA) is 56.7 Å². The van der Waals surface area contributed by atoms with Crippen LogP contribution in [0.3, 0.4) is 0 Å². The van der Waals surface area contributed by atoms with Gasteiger partial charge in [0.25, 0.3) is 0 Å². The zero-order valence-electron chi connectivity index (χ0n) is 8.31. The average Bonchev–Trinajstić information content (AvgIpc) is 2.65. The fraction of sp³-hybridized carbons (Fsp3) is 0.200.